The van der Waals surface area contributed by atoms with Crippen molar-refractivity contribution in [2.75, 3.05) is 13.2 Å². The largest absolute Gasteiger partial charge is 0.493 e. The van der Waals surface area contributed by atoms with Crippen LogP contribution in [0.5, 0.6) is 5.75 Å². The van der Waals surface area contributed by atoms with Crippen LogP contribution in [-0.2, 0) is 0 Å². The third-order valence-electron chi connectivity index (χ3n) is 3.98. The van der Waals surface area contributed by atoms with Crippen LogP contribution in [0.25, 0.3) is 0 Å². The van der Waals surface area contributed by atoms with Crippen molar-refractivity contribution in [2.24, 2.45) is 0 Å². The summed E-state index contributed by atoms with van der Waals surface area (Å²) in [4.78, 5) is 12.3. The molecular weight excluding hydrogens is 262 g/mol. The lowest BCUT2D eigenvalue weighted by Gasteiger charge is -2.26. The van der Waals surface area contributed by atoms with Crippen LogP contribution in [0.2, 0.25) is 0 Å². The molecule has 21 heavy (non-hydrogen) atoms. The summed E-state index contributed by atoms with van der Waals surface area (Å²) >= 11 is 0. The summed E-state index contributed by atoms with van der Waals surface area (Å²) in [6.07, 6.45) is 0.936. The van der Waals surface area contributed by atoms with Gasteiger partial charge in [0.2, 0.25) is 0 Å². The molecule has 0 aromatic heterocycles. The van der Waals surface area contributed by atoms with Crippen molar-refractivity contribution in [3.8, 4) is 5.75 Å². The number of fused-ring (bicyclic) bond motifs is 1. The number of carbonyl (C=O) groups is 1. The molecule has 0 radical (unpaired) electrons. The maximum Gasteiger partial charge on any atom is 0.251 e. The van der Waals surface area contributed by atoms with Crippen LogP contribution < -0.4 is 10.1 Å². The standard InChI is InChI=1S/C18H19NO2/c1-13-6-2-3-7-15(13)18(20)19-12-14-10-11-21-17-9-5-4-8-16(14)17/h2-9,14H,10-12H2,1H3,(H,19,20). The van der Waals surface area contributed by atoms with E-state index in [2.05, 4.69) is 11.4 Å². The smallest absolute Gasteiger partial charge is 0.251 e. The van der Waals surface area contributed by atoms with E-state index in [1.165, 1.54) is 5.56 Å². The Morgan fingerprint density at radius 1 is 1.19 bits per heavy atom. The van der Waals surface area contributed by atoms with Gasteiger partial charge in [-0.25, -0.2) is 0 Å². The zero-order valence-electron chi connectivity index (χ0n) is 12.1. The maximum absolute atomic E-state index is 12.3. The van der Waals surface area contributed by atoms with Gasteiger partial charge in [0.15, 0.2) is 0 Å². The number of hydrogen-bond acceptors (Lipinski definition) is 2. The average Bonchev–Trinajstić information content (AvgIpc) is 2.53. The molecule has 0 saturated carbocycles. The molecule has 0 fully saturated rings. The van der Waals surface area contributed by atoms with Crippen molar-refractivity contribution >= 4 is 5.91 Å². The lowest BCUT2D eigenvalue weighted by Crippen LogP contribution is -2.31. The van der Waals surface area contributed by atoms with Crippen molar-refractivity contribution in [1.29, 1.82) is 0 Å². The highest BCUT2D eigenvalue weighted by molar-refractivity contribution is 5.95. The number of ether oxygens (including phenoxy) is 1. The number of carbonyl (C=O) groups excluding carboxylic acids is 1. The first-order valence-corrected chi connectivity index (χ1v) is 7.31. The summed E-state index contributed by atoms with van der Waals surface area (Å²) in [5, 5.41) is 3.06. The molecule has 1 aliphatic heterocycles. The van der Waals surface area contributed by atoms with Crippen LogP contribution in [0.4, 0.5) is 0 Å². The fourth-order valence-electron chi connectivity index (χ4n) is 2.77. The van der Waals surface area contributed by atoms with Crippen molar-refractivity contribution in [2.45, 2.75) is 19.3 Å². The Kier molecular flexibility index (Phi) is 3.91. The van der Waals surface area contributed by atoms with Crippen LogP contribution in [0, 0.1) is 6.92 Å². The number of amides is 1. The van der Waals surface area contributed by atoms with Crippen molar-refractivity contribution in [3.63, 3.8) is 0 Å². The highest BCUT2D eigenvalue weighted by Gasteiger charge is 2.21. The second kappa shape index (κ2) is 6.00. The first-order chi connectivity index (χ1) is 10.3. The van der Waals surface area contributed by atoms with Gasteiger partial charge >= 0.3 is 0 Å². The van der Waals surface area contributed by atoms with E-state index in [1.807, 2.05) is 49.4 Å². The second-order valence-electron chi connectivity index (χ2n) is 5.40. The summed E-state index contributed by atoms with van der Waals surface area (Å²) < 4.78 is 5.65. The minimum Gasteiger partial charge on any atom is -0.493 e. The van der Waals surface area contributed by atoms with E-state index in [-0.39, 0.29) is 5.91 Å². The number of nitrogens with one attached hydrogen (secondary N) is 1. The average molecular weight is 281 g/mol. The van der Waals surface area contributed by atoms with Gasteiger partial charge in [-0.05, 0) is 36.6 Å². The molecule has 3 rings (SSSR count). The Hall–Kier alpha value is -2.29. The molecular formula is C18H19NO2. The normalized spacial score (nSPS) is 16.7. The van der Waals surface area contributed by atoms with Crippen LogP contribution in [0.15, 0.2) is 48.5 Å². The first kappa shape index (κ1) is 13.7. The SMILES string of the molecule is Cc1ccccc1C(=O)NCC1CCOc2ccccc21. The zero-order chi connectivity index (χ0) is 14.7. The zero-order valence-corrected chi connectivity index (χ0v) is 12.1. The highest BCUT2D eigenvalue weighted by Crippen LogP contribution is 2.32. The molecule has 1 heterocycles. The summed E-state index contributed by atoms with van der Waals surface area (Å²) in [6, 6.07) is 15.7. The molecule has 2 aromatic rings. The number of benzene rings is 2. The molecule has 0 saturated heterocycles. The number of rotatable bonds is 3. The third kappa shape index (κ3) is 2.92. The molecule has 0 aliphatic carbocycles. The van der Waals surface area contributed by atoms with Gasteiger partial charge in [-0.1, -0.05) is 36.4 Å². The lowest BCUT2D eigenvalue weighted by molar-refractivity contribution is 0.0947. The van der Waals surface area contributed by atoms with E-state index in [4.69, 9.17) is 4.74 Å². The van der Waals surface area contributed by atoms with Crippen molar-refractivity contribution in [1.82, 2.24) is 5.32 Å². The van der Waals surface area contributed by atoms with Gasteiger partial charge in [-0.3, -0.25) is 4.79 Å². The van der Waals surface area contributed by atoms with Gasteiger partial charge in [-0.15, -0.1) is 0 Å². The molecule has 1 unspecified atom stereocenters. The molecule has 108 valence electrons. The summed E-state index contributed by atoms with van der Waals surface area (Å²) in [6.45, 7) is 3.31. The molecule has 1 atom stereocenters. The Bertz CT molecular complexity index is 651. The molecule has 3 nitrogen and oxygen atoms in total. The predicted molar refractivity (Wildman–Crippen MR) is 82.8 cm³/mol. The van der Waals surface area contributed by atoms with E-state index >= 15 is 0 Å². The molecule has 1 aliphatic rings. The first-order valence-electron chi connectivity index (χ1n) is 7.31. The monoisotopic (exact) mass is 281 g/mol. The van der Waals surface area contributed by atoms with Crippen molar-refractivity contribution in [3.05, 3.63) is 65.2 Å². The highest BCUT2D eigenvalue weighted by atomic mass is 16.5. The van der Waals surface area contributed by atoms with Gasteiger partial charge < -0.3 is 10.1 Å². The summed E-state index contributed by atoms with van der Waals surface area (Å²) in [5.41, 5.74) is 2.94. The molecule has 1 N–H and O–H groups in total. The quantitative estimate of drug-likeness (QED) is 0.937. The third-order valence-corrected chi connectivity index (χ3v) is 3.98. The Morgan fingerprint density at radius 3 is 2.81 bits per heavy atom. The number of hydrogen-bond donors (Lipinski definition) is 1. The lowest BCUT2D eigenvalue weighted by atomic mass is 9.93. The molecule has 0 spiro atoms. The fourth-order valence-corrected chi connectivity index (χ4v) is 2.77. The molecule has 3 heteroatoms. The minimum atomic E-state index is -0.00271. The summed E-state index contributed by atoms with van der Waals surface area (Å²) in [5.74, 6) is 1.26. The van der Waals surface area contributed by atoms with E-state index in [9.17, 15) is 4.79 Å². The minimum absolute atomic E-state index is 0.00271. The van der Waals surface area contributed by atoms with Gasteiger partial charge in [0.1, 0.15) is 5.75 Å². The van der Waals surface area contributed by atoms with Crippen LogP contribution in [0.1, 0.15) is 33.8 Å². The predicted octanol–water partition coefficient (Wildman–Crippen LogP) is 3.29. The van der Waals surface area contributed by atoms with Gasteiger partial charge in [0.25, 0.3) is 5.91 Å². The van der Waals surface area contributed by atoms with E-state index < -0.39 is 0 Å². The van der Waals surface area contributed by atoms with Gasteiger partial charge in [0, 0.05) is 18.0 Å². The van der Waals surface area contributed by atoms with Crippen LogP contribution >= 0.6 is 0 Å². The van der Waals surface area contributed by atoms with Crippen LogP contribution in [0.3, 0.4) is 0 Å². The Balaban J connectivity index is 1.69. The number of para-hydroxylation sites is 1. The molecule has 2 aromatic carbocycles. The van der Waals surface area contributed by atoms with E-state index in [1.54, 1.807) is 0 Å². The Labute approximate surface area is 124 Å². The van der Waals surface area contributed by atoms with Gasteiger partial charge in [-0.2, -0.15) is 0 Å². The molecule has 0 bridgehead atoms. The van der Waals surface area contributed by atoms with E-state index in [0.29, 0.717) is 19.1 Å². The maximum atomic E-state index is 12.3. The molecule has 1 amide bonds. The summed E-state index contributed by atoms with van der Waals surface area (Å²) in [7, 11) is 0. The fraction of sp³-hybridized carbons (Fsp3) is 0.278. The van der Waals surface area contributed by atoms with Gasteiger partial charge in [0.05, 0.1) is 6.61 Å². The second-order valence-corrected chi connectivity index (χ2v) is 5.40. The van der Waals surface area contributed by atoms with Crippen molar-refractivity contribution < 1.29 is 9.53 Å². The van der Waals surface area contributed by atoms with E-state index in [0.717, 1.165) is 23.3 Å². The Morgan fingerprint density at radius 2 is 1.95 bits per heavy atom. The van der Waals surface area contributed by atoms with Crippen LogP contribution in [-0.4, -0.2) is 19.1 Å². The topological polar surface area (TPSA) is 38.3 Å². The number of aryl methyl sites for hydroxylation is 1.